The highest BCUT2D eigenvalue weighted by atomic mass is 35.5. The molecule has 2 aliphatic carbocycles. The number of halogens is 1. The first-order valence-electron chi connectivity index (χ1n) is 21.8. The average molecular weight is 860 g/mol. The van der Waals surface area contributed by atoms with Crippen LogP contribution in [-0.4, -0.2) is 114 Å². The number of ether oxygens (including phenoxy) is 3. The molecule has 322 valence electrons. The number of hydrogen-bond acceptors (Lipinski definition) is 9. The van der Waals surface area contributed by atoms with Crippen molar-refractivity contribution in [1.29, 1.82) is 0 Å². The second kappa shape index (κ2) is 17.2. The third-order valence-corrected chi connectivity index (χ3v) is 16.3. The fourth-order valence-electron chi connectivity index (χ4n) is 10.4. The normalized spacial score (nSPS) is 30.8. The minimum absolute atomic E-state index is 0.0145. The lowest BCUT2D eigenvalue weighted by Crippen LogP contribution is -2.56. The zero-order valence-electron chi connectivity index (χ0n) is 35.2. The molecule has 2 bridgehead atoms. The maximum atomic E-state index is 14.9. The molecule has 5 heterocycles. The molecule has 1 spiro atoms. The lowest BCUT2D eigenvalue weighted by atomic mass is 9.68. The van der Waals surface area contributed by atoms with Gasteiger partial charge in [-0.1, -0.05) is 36.7 Å². The SMILES string of the molecule is CO[C@H]1/C=C\C[C@H](C)CS(=O)(NC(=O)c2cc(CN3CCN(C4COC4)CC3)n(C)c2)=NC(=O)c2ccc3c(c2)N(C[C@@H]2CC[C@H]21)C[C@@]1(CCCc2cc(Cl)ccc21)CO3. The van der Waals surface area contributed by atoms with Gasteiger partial charge in [-0.05, 0) is 104 Å². The monoisotopic (exact) mass is 858 g/mol. The highest BCUT2D eigenvalue weighted by Crippen LogP contribution is 2.47. The van der Waals surface area contributed by atoms with E-state index in [-0.39, 0.29) is 23.2 Å². The van der Waals surface area contributed by atoms with Gasteiger partial charge in [0.05, 0.1) is 49.0 Å². The largest absolute Gasteiger partial charge is 0.490 e. The fourth-order valence-corrected chi connectivity index (χ4v) is 12.5. The van der Waals surface area contributed by atoms with Crippen molar-refractivity contribution < 1.29 is 28.0 Å². The number of allylic oxidation sites excluding steroid dienone is 1. The third-order valence-electron chi connectivity index (χ3n) is 14.1. The topological polar surface area (TPSA) is 118 Å². The van der Waals surface area contributed by atoms with Gasteiger partial charge in [0, 0.05) is 87.9 Å². The van der Waals surface area contributed by atoms with E-state index in [1.807, 2.05) is 42.8 Å². The quantitative estimate of drug-likeness (QED) is 0.287. The van der Waals surface area contributed by atoms with Gasteiger partial charge in [0.1, 0.15) is 15.7 Å². The highest BCUT2D eigenvalue weighted by molar-refractivity contribution is 7.92. The zero-order chi connectivity index (χ0) is 41.6. The van der Waals surface area contributed by atoms with Crippen molar-refractivity contribution in [2.24, 2.45) is 29.2 Å². The van der Waals surface area contributed by atoms with Crippen LogP contribution in [0.25, 0.3) is 0 Å². The summed E-state index contributed by atoms with van der Waals surface area (Å²) in [5.41, 5.74) is 4.79. The number of benzene rings is 2. The molecule has 6 atom stereocenters. The predicted octanol–water partition coefficient (Wildman–Crippen LogP) is 6.26. The number of methoxy groups -OCH3 is 1. The second-order valence-corrected chi connectivity index (χ2v) is 20.7. The van der Waals surface area contributed by atoms with Gasteiger partial charge in [0.15, 0.2) is 0 Å². The van der Waals surface area contributed by atoms with E-state index in [0.29, 0.717) is 54.3 Å². The van der Waals surface area contributed by atoms with Crippen LogP contribution in [0.1, 0.15) is 76.6 Å². The Morgan fingerprint density at radius 3 is 2.68 bits per heavy atom. The molecule has 6 aliphatic rings. The average Bonchev–Trinajstić information content (AvgIpc) is 3.48. The van der Waals surface area contributed by atoms with Crippen molar-refractivity contribution in [3.8, 4) is 5.75 Å². The number of aromatic nitrogens is 1. The van der Waals surface area contributed by atoms with Crippen molar-refractivity contribution in [3.05, 3.63) is 93.8 Å². The lowest BCUT2D eigenvalue weighted by molar-refractivity contribution is -0.0775. The molecule has 3 aromatic rings. The molecule has 1 unspecified atom stereocenters. The van der Waals surface area contributed by atoms with Crippen LogP contribution in [0.2, 0.25) is 5.02 Å². The number of anilines is 1. The molecular weight excluding hydrogens is 800 g/mol. The lowest BCUT2D eigenvalue weighted by Gasteiger charge is -2.46. The van der Waals surface area contributed by atoms with Crippen LogP contribution in [0.4, 0.5) is 5.69 Å². The van der Waals surface area contributed by atoms with E-state index in [2.05, 4.69) is 48.1 Å². The Labute approximate surface area is 359 Å². The van der Waals surface area contributed by atoms with Crippen molar-refractivity contribution in [2.45, 2.75) is 69.6 Å². The molecule has 1 N–H and O–H groups in total. The molecule has 12 nitrogen and oxygen atoms in total. The number of nitrogens with zero attached hydrogens (tertiary/aromatic N) is 5. The highest BCUT2D eigenvalue weighted by Gasteiger charge is 2.44. The van der Waals surface area contributed by atoms with E-state index < -0.39 is 21.7 Å². The van der Waals surface area contributed by atoms with Crippen molar-refractivity contribution in [3.63, 3.8) is 0 Å². The molecule has 4 aliphatic heterocycles. The van der Waals surface area contributed by atoms with Crippen molar-refractivity contribution >= 4 is 39.0 Å². The van der Waals surface area contributed by atoms with E-state index in [0.717, 1.165) is 101 Å². The summed E-state index contributed by atoms with van der Waals surface area (Å²) in [5.74, 6) is 0.156. The molecule has 1 saturated carbocycles. The summed E-state index contributed by atoms with van der Waals surface area (Å²) in [6, 6.07) is 14.1. The number of amides is 2. The summed E-state index contributed by atoms with van der Waals surface area (Å²) < 4.78 is 42.3. The standard InChI is InChI=1S/C46H59ClN6O6S/c1-31-6-4-8-42(57-3)39-12-9-34(39)24-53-29-46(15-5-7-32-20-36(47)11-13-40(32)46)30-59-43-14-10-33(22-41(43)53)44(54)48-60(56,28-31)49-45(55)35-21-37(50(2)23-35)25-51-16-18-52(19-17-51)38-26-58-27-38/h4,8,10-11,13-14,20-23,31,34,38-39,42H,5-7,9,12,15-19,24-30H2,1-3H3,(H,48,49,54,55,56)/b8-4-/t31-,34-,39+,42-,46-,60?/m0/s1. The van der Waals surface area contributed by atoms with Crippen LogP contribution in [0.3, 0.4) is 0 Å². The first-order chi connectivity index (χ1) is 29.0. The maximum absolute atomic E-state index is 14.9. The number of fused-ring (bicyclic) bond motifs is 4. The van der Waals surface area contributed by atoms with Gasteiger partial charge < -0.3 is 23.7 Å². The smallest absolute Gasteiger partial charge is 0.286 e. The molecular formula is C46H59ClN6O6S. The van der Waals surface area contributed by atoms with Gasteiger partial charge in [0.25, 0.3) is 11.8 Å². The molecule has 3 fully saturated rings. The summed E-state index contributed by atoms with van der Waals surface area (Å²) >= 11 is 6.50. The predicted molar refractivity (Wildman–Crippen MR) is 234 cm³/mol. The van der Waals surface area contributed by atoms with E-state index in [9.17, 15) is 13.8 Å². The Bertz CT molecular complexity index is 2260. The van der Waals surface area contributed by atoms with Crippen LogP contribution in [0, 0.1) is 17.8 Å². The van der Waals surface area contributed by atoms with Crippen LogP contribution in [0.15, 0.2) is 65.2 Å². The first-order valence-corrected chi connectivity index (χ1v) is 23.8. The Morgan fingerprint density at radius 1 is 1.10 bits per heavy atom. The molecule has 1 aromatic heterocycles. The van der Waals surface area contributed by atoms with Gasteiger partial charge in [-0.2, -0.15) is 0 Å². The van der Waals surface area contributed by atoms with E-state index in [1.54, 1.807) is 19.4 Å². The minimum atomic E-state index is -3.56. The molecule has 2 amide bonds. The number of carbonyl (C=O) groups excluding carboxylic acids is 2. The minimum Gasteiger partial charge on any atom is -0.490 e. The zero-order valence-corrected chi connectivity index (χ0v) is 36.7. The van der Waals surface area contributed by atoms with Crippen LogP contribution < -0.4 is 14.4 Å². The fraction of sp³-hybridized carbons (Fsp3) is 0.565. The van der Waals surface area contributed by atoms with E-state index >= 15 is 0 Å². The maximum Gasteiger partial charge on any atom is 0.286 e. The number of piperazine rings is 1. The number of rotatable bonds is 6. The van der Waals surface area contributed by atoms with Gasteiger partial charge in [-0.15, -0.1) is 4.36 Å². The van der Waals surface area contributed by atoms with Gasteiger partial charge in [-0.25, -0.2) is 4.21 Å². The van der Waals surface area contributed by atoms with Gasteiger partial charge >= 0.3 is 0 Å². The summed E-state index contributed by atoms with van der Waals surface area (Å²) in [6.07, 6.45) is 11.7. The Hall–Kier alpha value is -3.72. The Balaban J connectivity index is 1.01. The number of nitrogens with one attached hydrogen (secondary N) is 1. The molecule has 2 aromatic carbocycles. The second-order valence-electron chi connectivity index (χ2n) is 18.2. The van der Waals surface area contributed by atoms with E-state index in [4.69, 9.17) is 25.8 Å². The van der Waals surface area contributed by atoms with Gasteiger partial charge in [-0.3, -0.25) is 24.1 Å². The molecule has 0 radical (unpaired) electrons. The molecule has 60 heavy (non-hydrogen) atoms. The van der Waals surface area contributed by atoms with Gasteiger partial charge in [0.2, 0.25) is 0 Å². The summed E-state index contributed by atoms with van der Waals surface area (Å²) in [5, 5.41) is 0.743. The van der Waals surface area contributed by atoms with Crippen LogP contribution in [0.5, 0.6) is 5.75 Å². The molecule has 9 rings (SSSR count). The Kier molecular flexibility index (Phi) is 11.9. The first kappa shape index (κ1) is 41.6. The van der Waals surface area contributed by atoms with Crippen LogP contribution in [-0.2, 0) is 44.8 Å². The number of carbonyl (C=O) groups is 2. The summed E-state index contributed by atoms with van der Waals surface area (Å²) in [4.78, 5) is 35.6. The summed E-state index contributed by atoms with van der Waals surface area (Å²) in [7, 11) is 0.143. The summed E-state index contributed by atoms with van der Waals surface area (Å²) in [6.45, 7) is 10.2. The molecule has 14 heteroatoms. The van der Waals surface area contributed by atoms with Crippen molar-refractivity contribution in [1.82, 2.24) is 19.1 Å². The van der Waals surface area contributed by atoms with E-state index in [1.165, 1.54) is 11.1 Å². The van der Waals surface area contributed by atoms with Crippen LogP contribution >= 0.6 is 11.6 Å². The number of hydrogen-bond donors (Lipinski definition) is 1. The third kappa shape index (κ3) is 8.55. The Morgan fingerprint density at radius 2 is 1.93 bits per heavy atom. The number of aryl methyl sites for hydroxylation is 2. The molecule has 2 saturated heterocycles. The van der Waals surface area contributed by atoms with Crippen molar-refractivity contribution in [2.75, 3.05) is 76.9 Å².